The van der Waals surface area contributed by atoms with Crippen LogP contribution in [0.25, 0.3) is 0 Å². The third kappa shape index (κ3) is 7.39. The van der Waals surface area contributed by atoms with Crippen molar-refractivity contribution in [2.45, 2.75) is 39.0 Å². The van der Waals surface area contributed by atoms with Crippen LogP contribution in [0.5, 0.6) is 0 Å². The topological polar surface area (TPSA) is 75.6 Å². The molecule has 172 valence electrons. The predicted octanol–water partition coefficient (Wildman–Crippen LogP) is 1.36. The first-order valence-corrected chi connectivity index (χ1v) is 11.8. The average molecular weight is 425 g/mol. The van der Waals surface area contributed by atoms with Crippen LogP contribution in [0.15, 0.2) is 4.99 Å². The largest absolute Gasteiger partial charge is 0.381 e. The summed E-state index contributed by atoms with van der Waals surface area (Å²) in [6.45, 7) is 11.6. The molecule has 0 spiro atoms. The third-order valence-electron chi connectivity index (χ3n) is 6.20. The summed E-state index contributed by atoms with van der Waals surface area (Å²) < 4.78 is 16.6. The van der Waals surface area contributed by atoms with Gasteiger partial charge in [-0.05, 0) is 44.9 Å². The van der Waals surface area contributed by atoms with Crippen LogP contribution in [-0.4, -0.2) is 101 Å². The van der Waals surface area contributed by atoms with Crippen LogP contribution >= 0.6 is 0 Å². The van der Waals surface area contributed by atoms with Crippen molar-refractivity contribution in [3.05, 3.63) is 0 Å². The van der Waals surface area contributed by atoms with E-state index in [1.165, 1.54) is 0 Å². The van der Waals surface area contributed by atoms with E-state index in [2.05, 4.69) is 17.1 Å². The van der Waals surface area contributed by atoms with Crippen molar-refractivity contribution in [1.29, 1.82) is 0 Å². The van der Waals surface area contributed by atoms with Gasteiger partial charge in [0.1, 0.15) is 0 Å². The number of nitrogens with zero attached hydrogens (tertiary/aromatic N) is 3. The summed E-state index contributed by atoms with van der Waals surface area (Å²) in [5.74, 6) is 2.07. The highest BCUT2D eigenvalue weighted by atomic mass is 16.5. The van der Waals surface area contributed by atoms with Crippen molar-refractivity contribution in [2.75, 3.05) is 78.9 Å². The Morgan fingerprint density at radius 2 is 1.70 bits per heavy atom. The number of carbonyl (C=O) groups excluding carboxylic acids is 1. The Morgan fingerprint density at radius 3 is 2.40 bits per heavy atom. The number of amides is 1. The SMILES string of the molecule is CCNC(=NCCCOCC1CCOCC1)N1CCC(C(=O)N2CCOCC2)CC1. The standard InChI is InChI=1S/C22H40N4O4/c1-2-23-22(24-8-3-13-30-18-19-6-14-28-15-7-19)26-9-4-20(5-10-26)21(27)25-11-16-29-17-12-25/h19-20H,2-18H2,1H3,(H,23,24). The zero-order chi connectivity index (χ0) is 21.0. The molecule has 3 aliphatic heterocycles. The second-order valence-electron chi connectivity index (χ2n) is 8.42. The number of likely N-dealkylation sites (tertiary alicyclic amines) is 1. The normalized spacial score (nSPS) is 22.4. The molecule has 0 atom stereocenters. The molecular formula is C22H40N4O4. The first kappa shape index (κ1) is 23.3. The summed E-state index contributed by atoms with van der Waals surface area (Å²) in [5, 5.41) is 3.41. The quantitative estimate of drug-likeness (QED) is 0.360. The van der Waals surface area contributed by atoms with Gasteiger partial charge in [-0.3, -0.25) is 9.79 Å². The molecule has 0 radical (unpaired) electrons. The third-order valence-corrected chi connectivity index (χ3v) is 6.20. The minimum atomic E-state index is 0.140. The van der Waals surface area contributed by atoms with Crippen molar-refractivity contribution >= 4 is 11.9 Å². The summed E-state index contributed by atoms with van der Waals surface area (Å²) in [6, 6.07) is 0. The molecule has 8 nitrogen and oxygen atoms in total. The lowest BCUT2D eigenvalue weighted by Crippen LogP contribution is -2.50. The first-order chi connectivity index (χ1) is 14.8. The van der Waals surface area contributed by atoms with Gasteiger partial charge in [-0.15, -0.1) is 0 Å². The molecule has 0 aromatic carbocycles. The van der Waals surface area contributed by atoms with Crippen molar-refractivity contribution in [3.63, 3.8) is 0 Å². The van der Waals surface area contributed by atoms with Crippen LogP contribution in [0.4, 0.5) is 0 Å². The van der Waals surface area contributed by atoms with Gasteiger partial charge in [0, 0.05) is 71.6 Å². The monoisotopic (exact) mass is 424 g/mol. The predicted molar refractivity (Wildman–Crippen MR) is 117 cm³/mol. The molecule has 30 heavy (non-hydrogen) atoms. The van der Waals surface area contributed by atoms with Crippen molar-refractivity contribution in [2.24, 2.45) is 16.8 Å². The smallest absolute Gasteiger partial charge is 0.225 e. The summed E-state index contributed by atoms with van der Waals surface area (Å²) in [4.78, 5) is 21.8. The van der Waals surface area contributed by atoms with Gasteiger partial charge in [-0.1, -0.05) is 0 Å². The number of aliphatic imine (C=N–C) groups is 1. The molecule has 1 amide bonds. The van der Waals surface area contributed by atoms with E-state index in [-0.39, 0.29) is 5.92 Å². The van der Waals surface area contributed by atoms with Crippen LogP contribution in [0, 0.1) is 11.8 Å². The fourth-order valence-corrected chi connectivity index (χ4v) is 4.32. The highest BCUT2D eigenvalue weighted by Gasteiger charge is 2.30. The zero-order valence-corrected chi connectivity index (χ0v) is 18.7. The zero-order valence-electron chi connectivity index (χ0n) is 18.7. The molecule has 0 aliphatic carbocycles. The van der Waals surface area contributed by atoms with Gasteiger partial charge in [0.25, 0.3) is 0 Å². The number of hydrogen-bond donors (Lipinski definition) is 1. The van der Waals surface area contributed by atoms with Gasteiger partial charge in [0.15, 0.2) is 5.96 Å². The van der Waals surface area contributed by atoms with Crippen molar-refractivity contribution in [1.82, 2.24) is 15.1 Å². The lowest BCUT2D eigenvalue weighted by atomic mass is 9.95. The highest BCUT2D eigenvalue weighted by Crippen LogP contribution is 2.20. The van der Waals surface area contributed by atoms with E-state index in [1.54, 1.807) is 0 Å². The summed E-state index contributed by atoms with van der Waals surface area (Å²) >= 11 is 0. The average Bonchev–Trinajstić information content (AvgIpc) is 2.81. The van der Waals surface area contributed by atoms with Gasteiger partial charge in [0.2, 0.25) is 5.91 Å². The minimum Gasteiger partial charge on any atom is -0.381 e. The number of ether oxygens (including phenoxy) is 3. The molecule has 3 rings (SSSR count). The Bertz CT molecular complexity index is 525. The molecule has 3 fully saturated rings. The maximum absolute atomic E-state index is 12.7. The maximum atomic E-state index is 12.7. The van der Waals surface area contributed by atoms with E-state index in [1.807, 2.05) is 4.90 Å². The molecule has 0 saturated carbocycles. The molecular weight excluding hydrogens is 384 g/mol. The Morgan fingerprint density at radius 1 is 1.00 bits per heavy atom. The number of piperidine rings is 1. The molecule has 0 bridgehead atoms. The summed E-state index contributed by atoms with van der Waals surface area (Å²) in [6.07, 6.45) is 4.97. The minimum absolute atomic E-state index is 0.140. The summed E-state index contributed by atoms with van der Waals surface area (Å²) in [7, 11) is 0. The lowest BCUT2D eigenvalue weighted by Gasteiger charge is -2.36. The second kappa shape index (κ2) is 13.1. The Kier molecular flexibility index (Phi) is 10.2. The Balaban J connectivity index is 1.35. The van der Waals surface area contributed by atoms with Gasteiger partial charge < -0.3 is 29.3 Å². The number of rotatable bonds is 8. The molecule has 3 aliphatic rings. The van der Waals surface area contributed by atoms with Gasteiger partial charge in [-0.2, -0.15) is 0 Å². The van der Waals surface area contributed by atoms with Crippen molar-refractivity contribution in [3.8, 4) is 0 Å². The maximum Gasteiger partial charge on any atom is 0.225 e. The van der Waals surface area contributed by atoms with E-state index >= 15 is 0 Å². The van der Waals surface area contributed by atoms with Crippen LogP contribution in [0.1, 0.15) is 39.0 Å². The molecule has 8 heteroatoms. The molecule has 0 aromatic heterocycles. The van der Waals surface area contributed by atoms with E-state index in [0.29, 0.717) is 25.0 Å². The summed E-state index contributed by atoms with van der Waals surface area (Å²) in [5.41, 5.74) is 0. The Labute approximate surface area is 181 Å². The van der Waals surface area contributed by atoms with Gasteiger partial charge in [0.05, 0.1) is 13.2 Å². The second-order valence-corrected chi connectivity index (χ2v) is 8.42. The number of guanidine groups is 1. The number of morpholine rings is 1. The van der Waals surface area contributed by atoms with Crippen LogP contribution in [0.3, 0.4) is 0 Å². The molecule has 3 heterocycles. The fraction of sp³-hybridized carbons (Fsp3) is 0.909. The van der Waals surface area contributed by atoms with E-state index in [4.69, 9.17) is 19.2 Å². The number of nitrogens with one attached hydrogen (secondary N) is 1. The Hall–Kier alpha value is -1.38. The van der Waals surface area contributed by atoms with Gasteiger partial charge in [-0.25, -0.2) is 0 Å². The first-order valence-electron chi connectivity index (χ1n) is 11.8. The highest BCUT2D eigenvalue weighted by molar-refractivity contribution is 5.81. The molecule has 1 N–H and O–H groups in total. The van der Waals surface area contributed by atoms with E-state index < -0.39 is 0 Å². The fourth-order valence-electron chi connectivity index (χ4n) is 4.32. The van der Waals surface area contributed by atoms with Crippen LogP contribution < -0.4 is 5.32 Å². The molecule has 0 aromatic rings. The van der Waals surface area contributed by atoms with Crippen molar-refractivity contribution < 1.29 is 19.0 Å². The molecule has 3 saturated heterocycles. The molecule has 0 unspecified atom stereocenters. The number of hydrogen-bond acceptors (Lipinski definition) is 5. The van der Waals surface area contributed by atoms with E-state index in [9.17, 15) is 4.79 Å². The van der Waals surface area contributed by atoms with Crippen LogP contribution in [0.2, 0.25) is 0 Å². The lowest BCUT2D eigenvalue weighted by molar-refractivity contribution is -0.140. The van der Waals surface area contributed by atoms with Crippen LogP contribution in [-0.2, 0) is 19.0 Å². The van der Waals surface area contributed by atoms with Gasteiger partial charge >= 0.3 is 0 Å². The van der Waals surface area contributed by atoms with E-state index in [0.717, 1.165) is 104 Å². The number of carbonyl (C=O) groups is 1.